The molecular weight excluding hydrogens is 583 g/mol. The SMILES string of the molecule is CC(C)C[C@H](NC(=O)[C@H](CCCN=C(N)N[N+](=O)[O-])CC(=O)c1ccc2ncsc2c1)B1O[C@@H]2C[C@H]3C[C@H](C3(C)C)[C@]2(C)O1. The fourth-order valence-electron chi connectivity index (χ4n) is 7.48. The number of benzene rings is 1. The van der Waals surface area contributed by atoms with Crippen LogP contribution in [0.2, 0.25) is 0 Å². The topological polar surface area (TPSA) is 171 Å². The minimum atomic E-state index is -0.781. The molecule has 238 valence electrons. The zero-order chi connectivity index (χ0) is 31.8. The molecule has 0 radical (unpaired) electrons. The van der Waals surface area contributed by atoms with Gasteiger partial charge in [0.1, 0.15) is 0 Å². The number of rotatable bonds is 13. The number of Topliss-reactive ketones (excluding diaryl/α,β-unsaturated/α-hetero) is 1. The second kappa shape index (κ2) is 12.7. The van der Waals surface area contributed by atoms with Gasteiger partial charge < -0.3 is 20.4 Å². The van der Waals surface area contributed by atoms with Crippen molar-refractivity contribution in [3.63, 3.8) is 0 Å². The molecule has 2 heterocycles. The van der Waals surface area contributed by atoms with E-state index < -0.39 is 23.7 Å². The highest BCUT2D eigenvalue weighted by Crippen LogP contribution is 2.65. The van der Waals surface area contributed by atoms with Crippen LogP contribution < -0.4 is 16.5 Å². The average molecular weight is 627 g/mol. The van der Waals surface area contributed by atoms with Gasteiger partial charge in [0, 0.05) is 24.4 Å². The number of nitrogens with one attached hydrogen (secondary N) is 2. The monoisotopic (exact) mass is 626 g/mol. The van der Waals surface area contributed by atoms with Crippen LogP contribution in [-0.4, -0.2) is 59.0 Å². The van der Waals surface area contributed by atoms with Gasteiger partial charge in [-0.05, 0) is 80.4 Å². The van der Waals surface area contributed by atoms with Gasteiger partial charge >= 0.3 is 7.12 Å². The number of thiazole rings is 1. The smallest absolute Gasteiger partial charge is 0.404 e. The van der Waals surface area contributed by atoms with Crippen molar-refractivity contribution in [2.45, 2.75) is 90.8 Å². The van der Waals surface area contributed by atoms with Gasteiger partial charge in [0.25, 0.3) is 5.96 Å². The molecule has 1 saturated heterocycles. The Morgan fingerprint density at radius 1 is 1.30 bits per heavy atom. The van der Waals surface area contributed by atoms with Gasteiger partial charge in [0.2, 0.25) is 5.91 Å². The lowest BCUT2D eigenvalue weighted by Crippen LogP contribution is -2.65. The number of nitrogens with zero attached hydrogens (tertiary/aromatic N) is 3. The van der Waals surface area contributed by atoms with Crippen LogP contribution in [0.4, 0.5) is 0 Å². The Hall–Kier alpha value is -3.10. The summed E-state index contributed by atoms with van der Waals surface area (Å²) in [6, 6.07) is 5.37. The van der Waals surface area contributed by atoms with Gasteiger partial charge in [0.15, 0.2) is 10.8 Å². The molecule has 1 aromatic carbocycles. The largest absolute Gasteiger partial charge is 0.481 e. The molecule has 0 spiro atoms. The molecule has 1 amide bonds. The Balaban J connectivity index is 1.30. The van der Waals surface area contributed by atoms with Gasteiger partial charge in [-0.3, -0.25) is 9.59 Å². The summed E-state index contributed by atoms with van der Waals surface area (Å²) >= 11 is 1.46. The van der Waals surface area contributed by atoms with Crippen molar-refractivity contribution >= 4 is 46.3 Å². The first-order valence-electron chi connectivity index (χ1n) is 15.5. The maximum atomic E-state index is 13.9. The molecule has 2 aromatic rings. The molecule has 4 fully saturated rings. The first-order valence-corrected chi connectivity index (χ1v) is 16.4. The molecule has 3 saturated carbocycles. The minimum Gasteiger partial charge on any atom is -0.404 e. The molecule has 4 N–H and O–H groups in total. The average Bonchev–Trinajstić information content (AvgIpc) is 3.56. The minimum absolute atomic E-state index is 0.00154. The van der Waals surface area contributed by atoms with Crippen LogP contribution in [-0.2, 0) is 14.1 Å². The summed E-state index contributed by atoms with van der Waals surface area (Å²) in [5.74, 6) is -0.456. The predicted octanol–water partition coefficient (Wildman–Crippen LogP) is 4.16. The lowest BCUT2D eigenvalue weighted by atomic mass is 9.43. The van der Waals surface area contributed by atoms with E-state index in [1.807, 2.05) is 17.6 Å². The van der Waals surface area contributed by atoms with Crippen LogP contribution in [0, 0.1) is 39.2 Å². The fraction of sp³-hybridized carbons (Fsp3) is 0.667. The van der Waals surface area contributed by atoms with Gasteiger partial charge in [-0.25, -0.2) is 20.1 Å². The van der Waals surface area contributed by atoms with Crippen LogP contribution in [0.25, 0.3) is 10.2 Å². The second-order valence-electron chi connectivity index (χ2n) is 13.7. The van der Waals surface area contributed by atoms with Gasteiger partial charge in [-0.2, -0.15) is 0 Å². The number of fused-ring (bicyclic) bond motifs is 1. The van der Waals surface area contributed by atoms with Crippen molar-refractivity contribution in [3.05, 3.63) is 39.4 Å². The van der Waals surface area contributed by atoms with Crippen molar-refractivity contribution in [3.8, 4) is 0 Å². The van der Waals surface area contributed by atoms with Crippen LogP contribution in [0.3, 0.4) is 0 Å². The van der Waals surface area contributed by atoms with Gasteiger partial charge in [-0.1, -0.05) is 33.1 Å². The lowest BCUT2D eigenvalue weighted by molar-refractivity contribution is -0.525. The molecule has 6 rings (SSSR count). The zero-order valence-corrected chi connectivity index (χ0v) is 26.9. The van der Waals surface area contributed by atoms with E-state index >= 15 is 0 Å². The summed E-state index contributed by atoms with van der Waals surface area (Å²) in [6.45, 7) is 11.2. The highest BCUT2D eigenvalue weighted by molar-refractivity contribution is 7.16. The highest BCUT2D eigenvalue weighted by Gasteiger charge is 2.68. The predicted molar refractivity (Wildman–Crippen MR) is 169 cm³/mol. The van der Waals surface area contributed by atoms with Crippen LogP contribution in [0.1, 0.15) is 83.5 Å². The number of hydrazine groups is 1. The third kappa shape index (κ3) is 6.62. The van der Waals surface area contributed by atoms with E-state index in [1.165, 1.54) is 11.3 Å². The van der Waals surface area contributed by atoms with Crippen molar-refractivity contribution in [1.82, 2.24) is 15.7 Å². The second-order valence-corrected chi connectivity index (χ2v) is 14.6. The highest BCUT2D eigenvalue weighted by atomic mass is 32.1. The number of guanidine groups is 1. The molecule has 6 atom stereocenters. The Labute approximate surface area is 262 Å². The lowest BCUT2D eigenvalue weighted by Gasteiger charge is -2.64. The van der Waals surface area contributed by atoms with E-state index in [0.29, 0.717) is 36.7 Å². The molecule has 2 bridgehead atoms. The molecular formula is C30H43BN6O6S. The number of hydrogen-bond donors (Lipinski definition) is 3. The number of nitrogens with two attached hydrogens (primary N) is 1. The summed E-state index contributed by atoms with van der Waals surface area (Å²) in [7, 11) is -0.575. The number of aliphatic imine (C=N–C) groups is 1. The molecule has 14 heteroatoms. The van der Waals surface area contributed by atoms with E-state index in [1.54, 1.807) is 11.6 Å². The number of aromatic nitrogens is 1. The van der Waals surface area contributed by atoms with E-state index in [-0.39, 0.29) is 54.0 Å². The third-order valence-electron chi connectivity index (χ3n) is 10.0. The Morgan fingerprint density at radius 2 is 2.07 bits per heavy atom. The van der Waals surface area contributed by atoms with Crippen LogP contribution >= 0.6 is 11.3 Å². The van der Waals surface area contributed by atoms with Gasteiger partial charge in [-0.15, -0.1) is 11.3 Å². The number of carbonyl (C=O) groups excluding carboxylic acids is 2. The maximum absolute atomic E-state index is 13.9. The summed E-state index contributed by atoms with van der Waals surface area (Å²) in [6.07, 6.45) is 3.49. The normalized spacial score (nSPS) is 27.0. The van der Waals surface area contributed by atoms with E-state index in [4.69, 9.17) is 15.0 Å². The Bertz CT molecular complexity index is 1430. The van der Waals surface area contributed by atoms with Crippen LogP contribution in [0.15, 0.2) is 28.7 Å². The standard InChI is InChI=1S/C30H43BN6O6S/c1-17(2)11-26(31-42-25-15-20-14-24(29(20,3)4)30(25,5)43-31)35-27(39)19(7-6-10-33-28(32)36-37(40)41)12-22(38)18-8-9-21-23(13-18)44-16-34-21/h8-9,13,16-17,19-20,24-26H,6-7,10-12,14-15H2,1-5H3,(H,35,39)(H3,32,33,36)/t19-,20-,24-,25-,26+,30+/m1/s1. The Kier molecular flexibility index (Phi) is 9.34. The Morgan fingerprint density at radius 3 is 2.77 bits per heavy atom. The third-order valence-corrected chi connectivity index (χ3v) is 10.8. The maximum Gasteiger partial charge on any atom is 0.481 e. The number of ketones is 1. The summed E-state index contributed by atoms with van der Waals surface area (Å²) < 4.78 is 14.2. The molecule has 3 aliphatic carbocycles. The quantitative estimate of drug-likeness (QED) is 0.0562. The molecule has 0 unspecified atom stereocenters. The number of nitro groups is 1. The van der Waals surface area contributed by atoms with Gasteiger partial charge in [0.05, 0.1) is 33.4 Å². The number of amides is 1. The van der Waals surface area contributed by atoms with Crippen molar-refractivity contribution in [2.24, 2.45) is 39.8 Å². The molecule has 1 aromatic heterocycles. The van der Waals surface area contributed by atoms with E-state index in [9.17, 15) is 19.7 Å². The van der Waals surface area contributed by atoms with Crippen LogP contribution in [0.5, 0.6) is 0 Å². The number of hydrogen-bond acceptors (Lipinski definition) is 9. The first kappa shape index (κ1) is 32.3. The zero-order valence-electron chi connectivity index (χ0n) is 26.1. The first-order chi connectivity index (χ1) is 20.8. The summed E-state index contributed by atoms with van der Waals surface area (Å²) in [5.41, 5.74) is 10.2. The van der Waals surface area contributed by atoms with E-state index in [0.717, 1.165) is 23.1 Å². The van der Waals surface area contributed by atoms with E-state index in [2.05, 4.69) is 49.9 Å². The molecule has 1 aliphatic heterocycles. The van der Waals surface area contributed by atoms with Crippen molar-refractivity contribution in [1.29, 1.82) is 0 Å². The summed E-state index contributed by atoms with van der Waals surface area (Å²) in [5, 5.41) is 13.1. The van der Waals surface area contributed by atoms with Crippen molar-refractivity contribution < 1.29 is 23.9 Å². The van der Waals surface area contributed by atoms with Crippen molar-refractivity contribution in [2.75, 3.05) is 6.54 Å². The number of carbonyl (C=O) groups is 2. The molecule has 4 aliphatic rings. The summed E-state index contributed by atoms with van der Waals surface area (Å²) in [4.78, 5) is 46.3. The molecule has 44 heavy (non-hydrogen) atoms. The molecule has 12 nitrogen and oxygen atoms in total. The fourth-order valence-corrected chi connectivity index (χ4v) is 8.20.